The number of hydrogen-bond acceptors (Lipinski definition) is 3. The van der Waals surface area contributed by atoms with Gasteiger partial charge in [-0.25, -0.2) is 0 Å². The fourth-order valence-corrected chi connectivity index (χ4v) is 4.73. The Labute approximate surface area is 181 Å². The Hall–Kier alpha value is -4.05. The van der Waals surface area contributed by atoms with Gasteiger partial charge in [0.1, 0.15) is 0 Å². The van der Waals surface area contributed by atoms with E-state index in [0.717, 1.165) is 39.6 Å². The van der Waals surface area contributed by atoms with Crippen molar-refractivity contribution >= 4 is 34.3 Å². The zero-order valence-electron chi connectivity index (χ0n) is 17.1. The predicted molar refractivity (Wildman–Crippen MR) is 126 cm³/mol. The number of nitrogens with one attached hydrogen (secondary N) is 1. The first-order valence-electron chi connectivity index (χ1n) is 10.4. The molecule has 4 heteroatoms. The van der Waals surface area contributed by atoms with Gasteiger partial charge in [0.05, 0.1) is 22.7 Å². The molecule has 2 aliphatic rings. The molecule has 4 aromatic rings. The lowest BCUT2D eigenvalue weighted by molar-refractivity contribution is -0.121. The van der Waals surface area contributed by atoms with E-state index in [1.807, 2.05) is 78.6 Å². The number of fused-ring (bicyclic) bond motifs is 5. The molecule has 1 atom stereocenters. The summed E-state index contributed by atoms with van der Waals surface area (Å²) in [5.41, 5.74) is 6.04. The van der Waals surface area contributed by atoms with E-state index < -0.39 is 5.66 Å². The van der Waals surface area contributed by atoms with Crippen LogP contribution in [-0.4, -0.2) is 11.6 Å². The Bertz CT molecular complexity index is 1320. The van der Waals surface area contributed by atoms with E-state index in [9.17, 15) is 4.79 Å². The fraction of sp³-hybridized carbons (Fsp3) is 0.0741. The number of anilines is 5. The number of rotatable bonds is 2. The van der Waals surface area contributed by atoms with Crippen LogP contribution < -0.4 is 15.1 Å². The van der Waals surface area contributed by atoms with Gasteiger partial charge in [-0.3, -0.25) is 9.69 Å². The molecule has 150 valence electrons. The number of amides is 1. The van der Waals surface area contributed by atoms with E-state index in [0.29, 0.717) is 0 Å². The van der Waals surface area contributed by atoms with Gasteiger partial charge in [-0.15, -0.1) is 0 Å². The van der Waals surface area contributed by atoms with E-state index in [1.165, 1.54) is 0 Å². The average molecular weight is 403 g/mol. The van der Waals surface area contributed by atoms with Crippen LogP contribution in [0, 0.1) is 0 Å². The summed E-state index contributed by atoms with van der Waals surface area (Å²) in [5, 5.41) is 3.48. The highest BCUT2D eigenvalue weighted by Gasteiger charge is 2.53. The number of carbonyl (C=O) groups excluding carboxylic acids is 1. The number of carbonyl (C=O) groups is 1. The molecular formula is C27H21N3O. The summed E-state index contributed by atoms with van der Waals surface area (Å²) in [5.74, 6) is -0.00684. The zero-order chi connectivity index (χ0) is 21.0. The zero-order valence-corrected chi connectivity index (χ0v) is 17.1. The Morgan fingerprint density at radius 1 is 0.677 bits per heavy atom. The maximum atomic E-state index is 14.0. The SMILES string of the molecule is CC12Nc3ccccc3N1c1ccccc1N(c1cccc(-c3ccccc3)c1)C2=O. The minimum atomic E-state index is -0.902. The molecule has 1 N–H and O–H groups in total. The predicted octanol–water partition coefficient (Wildman–Crippen LogP) is 6.31. The molecule has 0 saturated carbocycles. The summed E-state index contributed by atoms with van der Waals surface area (Å²) in [4.78, 5) is 18.0. The quantitative estimate of drug-likeness (QED) is 0.426. The number of para-hydroxylation sites is 4. The van der Waals surface area contributed by atoms with Crippen LogP contribution in [0.5, 0.6) is 0 Å². The van der Waals surface area contributed by atoms with Gasteiger partial charge in [0, 0.05) is 5.69 Å². The minimum absolute atomic E-state index is 0.00684. The molecule has 1 amide bonds. The molecule has 0 aliphatic carbocycles. The Balaban J connectivity index is 1.54. The van der Waals surface area contributed by atoms with Crippen LogP contribution in [0.4, 0.5) is 28.4 Å². The van der Waals surface area contributed by atoms with E-state index in [2.05, 4.69) is 46.6 Å². The van der Waals surface area contributed by atoms with Crippen molar-refractivity contribution in [2.24, 2.45) is 0 Å². The monoisotopic (exact) mass is 403 g/mol. The van der Waals surface area contributed by atoms with Crippen LogP contribution in [0.2, 0.25) is 0 Å². The molecule has 0 fully saturated rings. The third kappa shape index (κ3) is 2.51. The molecule has 4 aromatic carbocycles. The summed E-state index contributed by atoms with van der Waals surface area (Å²) in [7, 11) is 0. The molecule has 0 aromatic heterocycles. The molecule has 2 heterocycles. The molecule has 4 nitrogen and oxygen atoms in total. The maximum Gasteiger partial charge on any atom is 0.278 e. The van der Waals surface area contributed by atoms with Crippen molar-refractivity contribution in [2.75, 3.05) is 15.1 Å². The first kappa shape index (κ1) is 17.8. The van der Waals surface area contributed by atoms with E-state index in [4.69, 9.17) is 0 Å². The summed E-state index contributed by atoms with van der Waals surface area (Å²) in [6, 6.07) is 34.6. The second kappa shape index (κ2) is 6.47. The van der Waals surface area contributed by atoms with Gasteiger partial charge in [-0.05, 0) is 54.4 Å². The van der Waals surface area contributed by atoms with Crippen LogP contribution in [0.15, 0.2) is 103 Å². The van der Waals surface area contributed by atoms with Crippen LogP contribution in [0.25, 0.3) is 11.1 Å². The molecule has 1 unspecified atom stereocenters. The molecule has 2 aliphatic heterocycles. The van der Waals surface area contributed by atoms with E-state index in [1.54, 1.807) is 0 Å². The second-order valence-electron chi connectivity index (χ2n) is 8.10. The Kier molecular flexibility index (Phi) is 3.71. The van der Waals surface area contributed by atoms with Crippen LogP contribution in [0.3, 0.4) is 0 Å². The highest BCUT2D eigenvalue weighted by atomic mass is 16.2. The number of hydrogen-bond donors (Lipinski definition) is 1. The Morgan fingerprint density at radius 3 is 2.13 bits per heavy atom. The van der Waals surface area contributed by atoms with Gasteiger partial charge in [-0.1, -0.05) is 66.7 Å². The summed E-state index contributed by atoms with van der Waals surface area (Å²) in [6.45, 7) is 1.96. The molecule has 0 saturated heterocycles. The van der Waals surface area contributed by atoms with Crippen molar-refractivity contribution in [3.63, 3.8) is 0 Å². The summed E-state index contributed by atoms with van der Waals surface area (Å²) < 4.78 is 0. The van der Waals surface area contributed by atoms with Crippen molar-refractivity contribution in [3.8, 4) is 11.1 Å². The van der Waals surface area contributed by atoms with E-state index >= 15 is 0 Å². The van der Waals surface area contributed by atoms with E-state index in [-0.39, 0.29) is 5.91 Å². The van der Waals surface area contributed by atoms with Gasteiger partial charge in [0.15, 0.2) is 5.66 Å². The normalized spacial score (nSPS) is 18.8. The lowest BCUT2D eigenvalue weighted by Crippen LogP contribution is -2.60. The van der Waals surface area contributed by atoms with Gasteiger partial charge in [0.2, 0.25) is 0 Å². The third-order valence-corrected chi connectivity index (χ3v) is 6.16. The molecule has 31 heavy (non-hydrogen) atoms. The van der Waals surface area contributed by atoms with Gasteiger partial charge in [-0.2, -0.15) is 0 Å². The highest BCUT2D eigenvalue weighted by Crippen LogP contribution is 2.53. The van der Waals surface area contributed by atoms with Crippen molar-refractivity contribution in [3.05, 3.63) is 103 Å². The average Bonchev–Trinajstić information content (AvgIpc) is 3.14. The van der Waals surface area contributed by atoms with Gasteiger partial charge in [0.25, 0.3) is 5.91 Å². The molecular weight excluding hydrogens is 382 g/mol. The first-order chi connectivity index (χ1) is 15.2. The van der Waals surface area contributed by atoms with Crippen molar-refractivity contribution < 1.29 is 4.79 Å². The molecule has 0 radical (unpaired) electrons. The highest BCUT2D eigenvalue weighted by molar-refractivity contribution is 6.18. The first-order valence-corrected chi connectivity index (χ1v) is 10.4. The summed E-state index contributed by atoms with van der Waals surface area (Å²) >= 11 is 0. The number of benzene rings is 4. The third-order valence-electron chi connectivity index (χ3n) is 6.16. The Morgan fingerprint density at radius 2 is 1.32 bits per heavy atom. The molecule has 0 spiro atoms. The van der Waals surface area contributed by atoms with Crippen molar-refractivity contribution in [1.29, 1.82) is 0 Å². The van der Waals surface area contributed by atoms with Crippen molar-refractivity contribution in [1.82, 2.24) is 0 Å². The van der Waals surface area contributed by atoms with Crippen LogP contribution in [0.1, 0.15) is 6.92 Å². The standard InChI is InChI=1S/C27H21N3O/c1-27-26(31)29(21-13-9-12-20(18-21)19-10-3-2-4-11-19)24-16-7-8-17-25(24)30(27)23-15-6-5-14-22(23)28-27/h2-18,28H,1H3. The summed E-state index contributed by atoms with van der Waals surface area (Å²) in [6.07, 6.45) is 0. The van der Waals surface area contributed by atoms with Gasteiger partial charge >= 0.3 is 0 Å². The second-order valence-corrected chi connectivity index (χ2v) is 8.10. The molecule has 0 bridgehead atoms. The molecule has 6 rings (SSSR count). The van der Waals surface area contributed by atoms with Crippen LogP contribution >= 0.6 is 0 Å². The minimum Gasteiger partial charge on any atom is -0.353 e. The fourth-order valence-electron chi connectivity index (χ4n) is 4.73. The smallest absolute Gasteiger partial charge is 0.278 e. The number of nitrogens with zero attached hydrogens (tertiary/aromatic N) is 2. The van der Waals surface area contributed by atoms with Crippen LogP contribution in [-0.2, 0) is 4.79 Å². The van der Waals surface area contributed by atoms with Crippen molar-refractivity contribution in [2.45, 2.75) is 12.6 Å². The lowest BCUT2D eigenvalue weighted by atomic mass is 9.99. The van der Waals surface area contributed by atoms with Gasteiger partial charge < -0.3 is 10.2 Å². The lowest BCUT2D eigenvalue weighted by Gasteiger charge is -2.45. The maximum absolute atomic E-state index is 14.0. The topological polar surface area (TPSA) is 35.6 Å². The largest absolute Gasteiger partial charge is 0.353 e.